The van der Waals surface area contributed by atoms with Gasteiger partial charge in [-0.05, 0) is 26.7 Å². The van der Waals surface area contributed by atoms with E-state index in [1.807, 2.05) is 0 Å². The maximum absolute atomic E-state index is 12.3. The van der Waals surface area contributed by atoms with Crippen LogP contribution in [0.5, 0.6) is 0 Å². The lowest BCUT2D eigenvalue weighted by Crippen LogP contribution is -2.49. The number of ether oxygens (including phenoxy) is 2. The minimum atomic E-state index is -3.29. The number of hydrogen-bond acceptors (Lipinski definition) is 7. The van der Waals surface area contributed by atoms with E-state index in [4.69, 9.17) is 9.47 Å². The molecule has 0 amide bonds. The van der Waals surface area contributed by atoms with E-state index < -0.39 is 39.7 Å². The molecule has 7 nitrogen and oxygen atoms in total. The zero-order valence-corrected chi connectivity index (χ0v) is 13.1. The molecule has 1 atom stereocenters. The minimum absolute atomic E-state index is 0.0604. The Morgan fingerprint density at radius 2 is 1.71 bits per heavy atom. The molecule has 1 N–H and O–H groups in total. The minimum Gasteiger partial charge on any atom is -0.465 e. The highest BCUT2D eigenvalue weighted by Gasteiger charge is 2.57. The van der Waals surface area contributed by atoms with E-state index in [0.29, 0.717) is 0 Å². The van der Waals surface area contributed by atoms with E-state index in [1.165, 1.54) is 0 Å². The Labute approximate surface area is 124 Å². The molecule has 0 aliphatic carbocycles. The molecule has 1 aliphatic rings. The SMILES string of the molecule is CCOC(=O)C(CCO)(C(=O)OCC)C1CCS(=O)(=O)C1. The molecule has 0 radical (unpaired) electrons. The van der Waals surface area contributed by atoms with Gasteiger partial charge in [-0.25, -0.2) is 8.42 Å². The largest absolute Gasteiger partial charge is 0.465 e. The summed E-state index contributed by atoms with van der Waals surface area (Å²) in [5.41, 5.74) is -1.75. The summed E-state index contributed by atoms with van der Waals surface area (Å²) in [5, 5.41) is 9.26. The quantitative estimate of drug-likeness (QED) is 0.516. The monoisotopic (exact) mass is 322 g/mol. The number of sulfone groups is 1. The Kier molecular flexibility index (Phi) is 6.15. The van der Waals surface area contributed by atoms with Crippen LogP contribution in [0, 0.1) is 11.3 Å². The van der Waals surface area contributed by atoms with Gasteiger partial charge in [-0.3, -0.25) is 9.59 Å². The summed E-state index contributed by atoms with van der Waals surface area (Å²) >= 11 is 0. The number of esters is 2. The molecule has 0 aromatic heterocycles. The first kappa shape index (κ1) is 17.9. The highest BCUT2D eigenvalue weighted by atomic mass is 32.2. The van der Waals surface area contributed by atoms with Gasteiger partial charge in [0, 0.05) is 12.5 Å². The second-order valence-corrected chi connectivity index (χ2v) is 7.21. The first-order valence-corrected chi connectivity index (χ1v) is 8.82. The van der Waals surface area contributed by atoms with E-state index in [2.05, 4.69) is 0 Å². The summed E-state index contributed by atoms with van der Waals surface area (Å²) in [4.78, 5) is 24.7. The van der Waals surface area contributed by atoms with Crippen molar-refractivity contribution in [2.24, 2.45) is 11.3 Å². The third kappa shape index (κ3) is 3.74. The van der Waals surface area contributed by atoms with Crippen molar-refractivity contribution < 1.29 is 32.6 Å². The number of hydrogen-bond donors (Lipinski definition) is 1. The molecule has 1 saturated heterocycles. The molecule has 122 valence electrons. The molecule has 0 saturated carbocycles. The number of carbonyl (C=O) groups is 2. The van der Waals surface area contributed by atoms with Gasteiger partial charge in [0.25, 0.3) is 0 Å². The molecule has 0 aromatic rings. The summed E-state index contributed by atoms with van der Waals surface area (Å²) in [6.45, 7) is 2.88. The molecule has 1 fully saturated rings. The molecule has 21 heavy (non-hydrogen) atoms. The number of aliphatic hydroxyl groups excluding tert-OH is 1. The van der Waals surface area contributed by atoms with Crippen LogP contribution in [0.25, 0.3) is 0 Å². The summed E-state index contributed by atoms with van der Waals surface area (Å²) in [6.07, 6.45) is -0.0230. The van der Waals surface area contributed by atoms with Gasteiger partial charge < -0.3 is 14.6 Å². The van der Waals surface area contributed by atoms with Crippen molar-refractivity contribution in [3.05, 3.63) is 0 Å². The maximum Gasteiger partial charge on any atom is 0.323 e. The standard InChI is InChI=1S/C13H22O7S/c1-3-19-11(15)13(6-7-14,12(16)20-4-2)10-5-8-21(17,18)9-10/h10,14H,3-9H2,1-2H3. The van der Waals surface area contributed by atoms with Crippen LogP contribution < -0.4 is 0 Å². The van der Waals surface area contributed by atoms with E-state index in [0.717, 1.165) is 0 Å². The Hall–Kier alpha value is -1.15. The predicted molar refractivity (Wildman–Crippen MR) is 74.2 cm³/mol. The van der Waals surface area contributed by atoms with Crippen LogP contribution in [0.1, 0.15) is 26.7 Å². The molecule has 0 aromatic carbocycles. The van der Waals surface area contributed by atoms with E-state index in [1.54, 1.807) is 13.8 Å². The average Bonchev–Trinajstić information content (AvgIpc) is 2.77. The Balaban J connectivity index is 3.23. The lowest BCUT2D eigenvalue weighted by molar-refractivity contribution is -0.177. The number of aliphatic hydroxyl groups is 1. The molecular formula is C13H22O7S. The van der Waals surface area contributed by atoms with Gasteiger partial charge in [-0.15, -0.1) is 0 Å². The van der Waals surface area contributed by atoms with Gasteiger partial charge in [-0.1, -0.05) is 0 Å². The van der Waals surface area contributed by atoms with Crippen molar-refractivity contribution >= 4 is 21.8 Å². The van der Waals surface area contributed by atoms with Crippen LogP contribution in [0.15, 0.2) is 0 Å². The zero-order valence-electron chi connectivity index (χ0n) is 12.3. The lowest BCUT2D eigenvalue weighted by Gasteiger charge is -2.33. The van der Waals surface area contributed by atoms with Crippen molar-refractivity contribution in [3.8, 4) is 0 Å². The van der Waals surface area contributed by atoms with Crippen molar-refractivity contribution in [1.29, 1.82) is 0 Å². The highest BCUT2D eigenvalue weighted by molar-refractivity contribution is 7.91. The van der Waals surface area contributed by atoms with Gasteiger partial charge >= 0.3 is 11.9 Å². The zero-order chi connectivity index (χ0) is 16.1. The van der Waals surface area contributed by atoms with Crippen molar-refractivity contribution in [2.75, 3.05) is 31.3 Å². The summed E-state index contributed by atoms with van der Waals surface area (Å²) < 4.78 is 33.3. The molecule has 1 heterocycles. The molecule has 1 rings (SSSR count). The van der Waals surface area contributed by atoms with E-state index >= 15 is 0 Å². The highest BCUT2D eigenvalue weighted by Crippen LogP contribution is 2.41. The number of rotatable bonds is 7. The van der Waals surface area contributed by atoms with E-state index in [9.17, 15) is 23.1 Å². The predicted octanol–water partition coefficient (Wildman–Crippen LogP) is -0.0839. The van der Waals surface area contributed by atoms with Gasteiger partial charge in [-0.2, -0.15) is 0 Å². The number of carbonyl (C=O) groups excluding carboxylic acids is 2. The fourth-order valence-electron chi connectivity index (χ4n) is 2.70. The molecule has 1 aliphatic heterocycles. The molecular weight excluding hydrogens is 300 g/mol. The van der Waals surface area contributed by atoms with Crippen LogP contribution in [0.4, 0.5) is 0 Å². The fraction of sp³-hybridized carbons (Fsp3) is 0.846. The van der Waals surface area contributed by atoms with Crippen molar-refractivity contribution in [3.63, 3.8) is 0 Å². The van der Waals surface area contributed by atoms with Crippen molar-refractivity contribution in [1.82, 2.24) is 0 Å². The van der Waals surface area contributed by atoms with Crippen LogP contribution in [-0.2, 0) is 28.9 Å². The van der Waals surface area contributed by atoms with Crippen LogP contribution in [-0.4, -0.2) is 56.8 Å². The first-order valence-electron chi connectivity index (χ1n) is 6.99. The van der Waals surface area contributed by atoms with Crippen LogP contribution in [0.3, 0.4) is 0 Å². The van der Waals surface area contributed by atoms with Gasteiger partial charge in [0.05, 0.1) is 24.7 Å². The lowest BCUT2D eigenvalue weighted by atomic mass is 9.72. The average molecular weight is 322 g/mol. The topological polar surface area (TPSA) is 107 Å². The molecule has 0 spiro atoms. The summed E-state index contributed by atoms with van der Waals surface area (Å²) in [7, 11) is -3.29. The van der Waals surface area contributed by atoms with Crippen LogP contribution >= 0.6 is 0 Å². The summed E-state index contributed by atoms with van der Waals surface area (Å²) in [5.74, 6) is -2.72. The Bertz CT molecular complexity index is 465. The van der Waals surface area contributed by atoms with Crippen molar-refractivity contribution in [2.45, 2.75) is 26.7 Å². The second-order valence-electron chi connectivity index (χ2n) is 4.99. The fourth-order valence-corrected chi connectivity index (χ4v) is 4.58. The molecule has 8 heteroatoms. The maximum atomic E-state index is 12.3. The van der Waals surface area contributed by atoms with E-state index in [-0.39, 0.29) is 37.6 Å². The first-order chi connectivity index (χ1) is 9.84. The normalized spacial score (nSPS) is 21.0. The van der Waals surface area contributed by atoms with Gasteiger partial charge in [0.2, 0.25) is 0 Å². The third-order valence-electron chi connectivity index (χ3n) is 3.71. The van der Waals surface area contributed by atoms with Gasteiger partial charge in [0.1, 0.15) is 0 Å². The third-order valence-corrected chi connectivity index (χ3v) is 5.48. The molecule has 1 unspecified atom stereocenters. The Morgan fingerprint density at radius 1 is 1.19 bits per heavy atom. The molecule has 0 bridgehead atoms. The smallest absolute Gasteiger partial charge is 0.323 e. The Morgan fingerprint density at radius 3 is 2.05 bits per heavy atom. The second kappa shape index (κ2) is 7.22. The summed E-state index contributed by atoms with van der Waals surface area (Å²) in [6, 6.07) is 0. The van der Waals surface area contributed by atoms with Gasteiger partial charge in [0.15, 0.2) is 15.3 Å². The van der Waals surface area contributed by atoms with Crippen LogP contribution in [0.2, 0.25) is 0 Å².